The first-order valence-corrected chi connectivity index (χ1v) is 11.7. The highest BCUT2D eigenvalue weighted by Crippen LogP contribution is 2.38. The molecule has 0 unspecified atom stereocenters. The third-order valence-corrected chi connectivity index (χ3v) is 6.73. The van der Waals surface area contributed by atoms with E-state index in [0.717, 1.165) is 36.6 Å². The van der Waals surface area contributed by atoms with Crippen LogP contribution in [-0.4, -0.2) is 31.9 Å². The van der Waals surface area contributed by atoms with Crippen molar-refractivity contribution in [1.82, 2.24) is 18.9 Å². The van der Waals surface area contributed by atoms with E-state index in [2.05, 4.69) is 5.32 Å². The third-order valence-electron chi connectivity index (χ3n) is 6.73. The number of fused-ring (bicyclic) bond motifs is 1. The Morgan fingerprint density at radius 2 is 1.77 bits per heavy atom. The van der Waals surface area contributed by atoms with Gasteiger partial charge in [0, 0.05) is 37.1 Å². The minimum Gasteiger partial charge on any atom is -0.481 e. The van der Waals surface area contributed by atoms with Crippen LogP contribution in [0.4, 0.5) is 5.69 Å². The summed E-state index contributed by atoms with van der Waals surface area (Å²) in [6, 6.07) is 14.1. The molecule has 9 nitrogen and oxygen atoms in total. The smallest absolute Gasteiger partial charge is 0.274 e. The predicted molar refractivity (Wildman–Crippen MR) is 133 cm³/mol. The van der Waals surface area contributed by atoms with Crippen molar-refractivity contribution in [3.05, 3.63) is 87.2 Å². The van der Waals surface area contributed by atoms with Gasteiger partial charge in [-0.15, -0.1) is 0 Å². The van der Waals surface area contributed by atoms with E-state index in [4.69, 9.17) is 9.84 Å². The highest BCUT2D eigenvalue weighted by atomic mass is 16.5. The van der Waals surface area contributed by atoms with Gasteiger partial charge in [-0.05, 0) is 62.1 Å². The Hall–Kier alpha value is -4.14. The number of aryl methyl sites for hydroxylation is 1. The molecular weight excluding hydrogens is 446 g/mol. The van der Waals surface area contributed by atoms with Crippen molar-refractivity contribution >= 4 is 22.5 Å². The van der Waals surface area contributed by atoms with Gasteiger partial charge in [0.2, 0.25) is 5.88 Å². The van der Waals surface area contributed by atoms with Crippen molar-refractivity contribution in [2.24, 2.45) is 7.05 Å². The van der Waals surface area contributed by atoms with E-state index in [1.54, 1.807) is 62.8 Å². The summed E-state index contributed by atoms with van der Waals surface area (Å²) in [5, 5.41) is 8.21. The van der Waals surface area contributed by atoms with Crippen molar-refractivity contribution in [2.75, 3.05) is 12.4 Å². The molecule has 3 aromatic heterocycles. The highest BCUT2D eigenvalue weighted by molar-refractivity contribution is 6.06. The molecule has 1 saturated carbocycles. The number of nitrogens with zero attached hydrogens (tertiary/aromatic N) is 4. The summed E-state index contributed by atoms with van der Waals surface area (Å²) < 4.78 is 10.9. The van der Waals surface area contributed by atoms with Gasteiger partial charge in [-0.2, -0.15) is 5.10 Å². The molecule has 35 heavy (non-hydrogen) atoms. The topological polar surface area (TPSA) is 100 Å². The zero-order valence-electron chi connectivity index (χ0n) is 19.7. The summed E-state index contributed by atoms with van der Waals surface area (Å²) in [6.45, 7) is 0. The fourth-order valence-corrected chi connectivity index (χ4v) is 4.88. The lowest BCUT2D eigenvalue weighted by Crippen LogP contribution is -2.28. The van der Waals surface area contributed by atoms with Gasteiger partial charge < -0.3 is 19.2 Å². The molecule has 1 N–H and O–H groups in total. The number of methoxy groups -OCH3 is 1. The molecule has 0 atom stereocenters. The molecule has 0 bridgehead atoms. The molecule has 4 aromatic rings. The number of anilines is 1. The monoisotopic (exact) mass is 473 g/mol. The lowest BCUT2D eigenvalue weighted by atomic mass is 9.91. The summed E-state index contributed by atoms with van der Waals surface area (Å²) in [7, 11) is 3.23. The third kappa shape index (κ3) is 4.25. The van der Waals surface area contributed by atoms with Gasteiger partial charge in [-0.25, -0.2) is 4.68 Å². The molecule has 1 aliphatic carbocycles. The van der Waals surface area contributed by atoms with E-state index in [9.17, 15) is 14.4 Å². The van der Waals surface area contributed by atoms with E-state index >= 15 is 0 Å². The van der Waals surface area contributed by atoms with Crippen LogP contribution in [0.3, 0.4) is 0 Å². The molecule has 1 fully saturated rings. The average molecular weight is 474 g/mol. The van der Waals surface area contributed by atoms with Crippen molar-refractivity contribution in [3.8, 4) is 5.88 Å². The molecule has 1 amide bonds. The van der Waals surface area contributed by atoms with Crippen LogP contribution in [0.5, 0.6) is 5.88 Å². The van der Waals surface area contributed by atoms with E-state index in [1.807, 2.05) is 21.5 Å². The Morgan fingerprint density at radius 1 is 1.00 bits per heavy atom. The number of nitrogens with one attached hydrogen (secondary N) is 1. The van der Waals surface area contributed by atoms with Crippen molar-refractivity contribution in [3.63, 3.8) is 0 Å². The first kappa shape index (κ1) is 22.6. The first-order valence-electron chi connectivity index (χ1n) is 11.7. The van der Waals surface area contributed by atoms with E-state index in [-0.39, 0.29) is 34.8 Å². The number of rotatable bonds is 5. The Morgan fingerprint density at radius 3 is 2.51 bits per heavy atom. The number of aromatic nitrogens is 4. The first-order chi connectivity index (χ1) is 17.0. The maximum Gasteiger partial charge on any atom is 0.274 e. The molecule has 0 aliphatic heterocycles. The van der Waals surface area contributed by atoms with E-state index in [1.165, 1.54) is 4.57 Å². The normalized spacial score (nSPS) is 17.9. The number of hydrogen-bond donors (Lipinski definition) is 1. The summed E-state index contributed by atoms with van der Waals surface area (Å²) >= 11 is 0. The SMILES string of the molecule is COc1c2cc(C(=O)Nc3cccn(C)c3=O)ccc2nn1C1CCC(n2ccccc2=O)CC1. The van der Waals surface area contributed by atoms with Gasteiger partial charge in [0.05, 0.1) is 24.1 Å². The molecule has 0 saturated heterocycles. The average Bonchev–Trinajstić information content (AvgIpc) is 3.25. The Bertz CT molecular complexity index is 1510. The van der Waals surface area contributed by atoms with Crippen LogP contribution in [-0.2, 0) is 7.05 Å². The second-order valence-corrected chi connectivity index (χ2v) is 8.89. The summed E-state index contributed by atoms with van der Waals surface area (Å²) in [4.78, 5) is 37.3. The summed E-state index contributed by atoms with van der Waals surface area (Å²) in [5.41, 5.74) is 1.11. The van der Waals surface area contributed by atoms with E-state index < -0.39 is 0 Å². The molecule has 1 aliphatic rings. The molecule has 1 aromatic carbocycles. The largest absolute Gasteiger partial charge is 0.481 e. The number of hydrogen-bond acceptors (Lipinski definition) is 5. The second kappa shape index (κ2) is 9.25. The number of benzene rings is 1. The predicted octanol–water partition coefficient (Wildman–Crippen LogP) is 3.51. The van der Waals surface area contributed by atoms with Gasteiger partial charge in [-0.1, -0.05) is 6.07 Å². The zero-order valence-corrected chi connectivity index (χ0v) is 19.7. The molecular formula is C26H27N5O4. The minimum atomic E-state index is -0.376. The fraction of sp³-hybridized carbons (Fsp3) is 0.308. The lowest BCUT2D eigenvalue weighted by Gasteiger charge is -2.30. The van der Waals surface area contributed by atoms with Gasteiger partial charge in [0.15, 0.2) is 0 Å². The van der Waals surface area contributed by atoms with Crippen LogP contribution >= 0.6 is 0 Å². The molecule has 0 radical (unpaired) electrons. The van der Waals surface area contributed by atoms with Crippen LogP contribution in [0.2, 0.25) is 0 Å². The molecule has 180 valence electrons. The second-order valence-electron chi connectivity index (χ2n) is 8.89. The van der Waals surface area contributed by atoms with E-state index in [0.29, 0.717) is 11.4 Å². The zero-order chi connectivity index (χ0) is 24.5. The highest BCUT2D eigenvalue weighted by Gasteiger charge is 2.27. The molecule has 5 rings (SSSR count). The Kier molecular flexibility index (Phi) is 5.98. The minimum absolute atomic E-state index is 0.0255. The van der Waals surface area contributed by atoms with Crippen LogP contribution in [0.1, 0.15) is 48.1 Å². The standard InChI is InChI=1S/C26H27N5O4/c1-29-14-5-6-22(25(29)34)27-24(33)17-8-13-21-20(16-17)26(35-2)31(28-21)19-11-9-18(10-12-19)30-15-4-3-7-23(30)32/h3-8,13-16,18-19H,9-12H2,1-2H3,(H,27,33). The van der Waals surface area contributed by atoms with Crippen LogP contribution in [0, 0.1) is 0 Å². The van der Waals surface area contributed by atoms with Gasteiger partial charge in [0.25, 0.3) is 17.0 Å². The number of pyridine rings is 2. The van der Waals surface area contributed by atoms with Crippen molar-refractivity contribution in [1.29, 1.82) is 0 Å². The maximum absolute atomic E-state index is 12.9. The van der Waals surface area contributed by atoms with Crippen LogP contribution in [0.25, 0.3) is 10.9 Å². The van der Waals surface area contributed by atoms with Gasteiger partial charge in [0.1, 0.15) is 5.69 Å². The molecule has 9 heteroatoms. The number of ether oxygens (including phenoxy) is 1. The van der Waals surface area contributed by atoms with Gasteiger partial charge >= 0.3 is 0 Å². The van der Waals surface area contributed by atoms with Crippen LogP contribution < -0.4 is 21.2 Å². The Labute approximate surface area is 201 Å². The molecule has 0 spiro atoms. The summed E-state index contributed by atoms with van der Waals surface area (Å²) in [5.74, 6) is 0.226. The number of amides is 1. The fourth-order valence-electron chi connectivity index (χ4n) is 4.88. The molecule has 3 heterocycles. The Balaban J connectivity index is 1.38. The lowest BCUT2D eigenvalue weighted by molar-refractivity contribution is 0.102. The van der Waals surface area contributed by atoms with Gasteiger partial charge in [-0.3, -0.25) is 14.4 Å². The van der Waals surface area contributed by atoms with Crippen LogP contribution in [0.15, 0.2) is 70.5 Å². The van der Waals surface area contributed by atoms with Crippen molar-refractivity contribution in [2.45, 2.75) is 37.8 Å². The quantitative estimate of drug-likeness (QED) is 0.478. The number of carbonyl (C=O) groups is 1. The maximum atomic E-state index is 12.9. The summed E-state index contributed by atoms with van der Waals surface area (Å²) in [6.07, 6.45) is 6.95. The van der Waals surface area contributed by atoms with Crippen molar-refractivity contribution < 1.29 is 9.53 Å². The number of carbonyl (C=O) groups excluding carboxylic acids is 1.